The molecule has 11 nitrogen and oxygen atoms in total. The molecule has 2 aromatic carbocycles. The number of carbonyl (C=O) groups is 2. The van der Waals surface area contributed by atoms with Crippen LogP contribution in [-0.2, 0) is 26.0 Å². The van der Waals surface area contributed by atoms with Crippen LogP contribution in [0.4, 0.5) is 10.5 Å². The Morgan fingerprint density at radius 3 is 2.47 bits per heavy atom. The number of anilines is 1. The first kappa shape index (κ1) is 25.0. The van der Waals surface area contributed by atoms with E-state index in [1.165, 1.54) is 11.8 Å². The predicted octanol–water partition coefficient (Wildman–Crippen LogP) is 1.31. The number of benzene rings is 2. The van der Waals surface area contributed by atoms with Crippen molar-refractivity contribution in [2.24, 2.45) is 5.73 Å². The Labute approximate surface area is 197 Å². The molecule has 2 aromatic rings. The second-order valence-electron chi connectivity index (χ2n) is 7.65. The van der Waals surface area contributed by atoms with Crippen molar-refractivity contribution >= 4 is 33.6 Å². The Balaban J connectivity index is 1.54. The Morgan fingerprint density at radius 2 is 1.91 bits per heavy atom. The van der Waals surface area contributed by atoms with E-state index in [1.807, 2.05) is 0 Å². The molecule has 2 unspecified atom stereocenters. The summed E-state index contributed by atoms with van der Waals surface area (Å²) in [6.45, 7) is 1.83. The van der Waals surface area contributed by atoms with Gasteiger partial charge in [-0.05, 0) is 55.3 Å². The second-order valence-corrected chi connectivity index (χ2v) is 9.69. The number of carboxylic acids is 1. The Hall–Kier alpha value is -3.64. The lowest BCUT2D eigenvalue weighted by Crippen LogP contribution is -2.42. The standard InChI is InChI=1S/C22H26N4O7S/c1-2-34(30,31)25-19(21(27)28)11-14-3-9-17(10-4-14)32-13-18-12-26(22(29)33-18)16-7-5-15(6-8-16)20(23)24/h3-10,18-19,25H,2,11-13H2,1H3,(H3,23,24)(H,27,28). The molecule has 0 aromatic heterocycles. The van der Waals surface area contributed by atoms with Crippen LogP contribution in [-0.4, -0.2) is 62.5 Å². The Kier molecular flexibility index (Phi) is 7.74. The number of hydrogen-bond acceptors (Lipinski definition) is 7. The fourth-order valence-electron chi connectivity index (χ4n) is 3.27. The van der Waals surface area contributed by atoms with Crippen LogP contribution in [0.2, 0.25) is 0 Å². The minimum atomic E-state index is -3.66. The molecule has 0 spiro atoms. The monoisotopic (exact) mass is 490 g/mol. The lowest BCUT2D eigenvalue weighted by atomic mass is 10.1. The number of cyclic esters (lactones) is 1. The molecule has 2 atom stereocenters. The number of aliphatic carboxylic acids is 1. The molecule has 0 aliphatic carbocycles. The molecular formula is C22H26N4O7S. The van der Waals surface area contributed by atoms with Crippen molar-refractivity contribution in [3.05, 3.63) is 59.7 Å². The molecule has 0 radical (unpaired) electrons. The van der Waals surface area contributed by atoms with Crippen LogP contribution in [0.3, 0.4) is 0 Å². The summed E-state index contributed by atoms with van der Waals surface area (Å²) in [6, 6.07) is 12.0. The summed E-state index contributed by atoms with van der Waals surface area (Å²) in [5.74, 6) is -1.05. The van der Waals surface area contributed by atoms with E-state index in [0.29, 0.717) is 22.6 Å². The summed E-state index contributed by atoms with van der Waals surface area (Å²) in [4.78, 5) is 25.1. The molecule has 0 saturated carbocycles. The van der Waals surface area contributed by atoms with Crippen LogP contribution in [0, 0.1) is 5.41 Å². The fraction of sp³-hybridized carbons (Fsp3) is 0.318. The molecule has 34 heavy (non-hydrogen) atoms. The normalized spacial score (nSPS) is 16.7. The van der Waals surface area contributed by atoms with Crippen LogP contribution >= 0.6 is 0 Å². The largest absolute Gasteiger partial charge is 0.490 e. The van der Waals surface area contributed by atoms with E-state index < -0.39 is 34.2 Å². The van der Waals surface area contributed by atoms with Gasteiger partial charge in [0.15, 0.2) is 6.10 Å². The van der Waals surface area contributed by atoms with E-state index in [9.17, 15) is 23.1 Å². The van der Waals surface area contributed by atoms with Gasteiger partial charge >= 0.3 is 12.1 Å². The summed E-state index contributed by atoms with van der Waals surface area (Å²) in [6.07, 6.45) is -1.03. The summed E-state index contributed by atoms with van der Waals surface area (Å²) in [5.41, 5.74) is 7.23. The highest BCUT2D eigenvalue weighted by molar-refractivity contribution is 7.89. The van der Waals surface area contributed by atoms with Crippen LogP contribution in [0.1, 0.15) is 18.1 Å². The van der Waals surface area contributed by atoms with E-state index in [2.05, 4.69) is 4.72 Å². The van der Waals surface area contributed by atoms with Crippen LogP contribution < -0.4 is 20.1 Å². The number of nitrogen functional groups attached to an aromatic ring is 1. The number of carbonyl (C=O) groups excluding carboxylic acids is 1. The lowest BCUT2D eigenvalue weighted by Gasteiger charge is -2.15. The highest BCUT2D eigenvalue weighted by Crippen LogP contribution is 2.23. The minimum Gasteiger partial charge on any atom is -0.490 e. The maximum Gasteiger partial charge on any atom is 0.414 e. The third-order valence-corrected chi connectivity index (χ3v) is 6.57. The first-order chi connectivity index (χ1) is 16.1. The number of rotatable bonds is 11. The van der Waals surface area contributed by atoms with E-state index in [1.54, 1.807) is 48.5 Å². The van der Waals surface area contributed by atoms with E-state index in [0.717, 1.165) is 0 Å². The molecule has 1 saturated heterocycles. The molecule has 1 amide bonds. The molecule has 5 N–H and O–H groups in total. The Morgan fingerprint density at radius 1 is 1.26 bits per heavy atom. The summed E-state index contributed by atoms with van der Waals surface area (Å²) < 4.78 is 36.6. The number of ether oxygens (including phenoxy) is 2. The third-order valence-electron chi connectivity index (χ3n) is 5.16. The average molecular weight is 491 g/mol. The number of nitrogens with one attached hydrogen (secondary N) is 2. The summed E-state index contributed by atoms with van der Waals surface area (Å²) in [7, 11) is -3.66. The maximum atomic E-state index is 12.2. The van der Waals surface area contributed by atoms with E-state index >= 15 is 0 Å². The van der Waals surface area contributed by atoms with Gasteiger partial charge in [-0.3, -0.25) is 15.1 Å². The highest BCUT2D eigenvalue weighted by Gasteiger charge is 2.33. The number of nitrogens with zero attached hydrogens (tertiary/aromatic N) is 1. The average Bonchev–Trinajstić information content (AvgIpc) is 3.18. The van der Waals surface area contributed by atoms with Crippen molar-refractivity contribution in [1.29, 1.82) is 5.41 Å². The molecule has 1 aliphatic heterocycles. The summed E-state index contributed by atoms with van der Waals surface area (Å²) in [5, 5.41) is 16.7. The van der Waals surface area contributed by atoms with E-state index in [-0.39, 0.29) is 31.2 Å². The van der Waals surface area contributed by atoms with Gasteiger partial charge in [0.1, 0.15) is 24.2 Å². The molecule has 0 bridgehead atoms. The van der Waals surface area contributed by atoms with Gasteiger partial charge in [0.05, 0.1) is 12.3 Å². The summed E-state index contributed by atoms with van der Waals surface area (Å²) >= 11 is 0. The second kappa shape index (κ2) is 10.5. The van der Waals surface area contributed by atoms with Crippen molar-refractivity contribution < 1.29 is 32.6 Å². The SMILES string of the molecule is CCS(=O)(=O)NC(Cc1ccc(OCC2CN(c3ccc(C(=N)N)cc3)C(=O)O2)cc1)C(=O)O. The van der Waals surface area contributed by atoms with Gasteiger partial charge in [0, 0.05) is 11.3 Å². The number of carboxylic acid groups (broad SMARTS) is 1. The number of sulfonamides is 1. The first-order valence-electron chi connectivity index (χ1n) is 10.4. The third kappa shape index (κ3) is 6.45. The van der Waals surface area contributed by atoms with Gasteiger partial charge in [-0.25, -0.2) is 17.9 Å². The van der Waals surface area contributed by atoms with Crippen molar-refractivity contribution in [3.63, 3.8) is 0 Å². The molecule has 12 heteroatoms. The van der Waals surface area contributed by atoms with Gasteiger partial charge in [0.25, 0.3) is 0 Å². The molecule has 1 heterocycles. The van der Waals surface area contributed by atoms with Gasteiger partial charge in [-0.15, -0.1) is 0 Å². The van der Waals surface area contributed by atoms with Crippen molar-refractivity contribution in [2.75, 3.05) is 23.8 Å². The van der Waals surface area contributed by atoms with Crippen molar-refractivity contribution in [3.8, 4) is 5.75 Å². The van der Waals surface area contributed by atoms with Gasteiger partial charge in [0.2, 0.25) is 10.0 Å². The van der Waals surface area contributed by atoms with Gasteiger partial charge in [-0.1, -0.05) is 12.1 Å². The van der Waals surface area contributed by atoms with Crippen LogP contribution in [0.25, 0.3) is 0 Å². The van der Waals surface area contributed by atoms with Crippen LogP contribution in [0.15, 0.2) is 48.5 Å². The minimum absolute atomic E-state index is 0.0214. The van der Waals surface area contributed by atoms with Gasteiger partial charge in [-0.2, -0.15) is 0 Å². The molecular weight excluding hydrogens is 464 g/mol. The van der Waals surface area contributed by atoms with Crippen molar-refractivity contribution in [1.82, 2.24) is 4.72 Å². The molecule has 1 aliphatic rings. The topological polar surface area (TPSA) is 172 Å². The zero-order chi connectivity index (χ0) is 24.9. The van der Waals surface area contributed by atoms with Gasteiger partial charge < -0.3 is 20.3 Å². The molecule has 1 fully saturated rings. The lowest BCUT2D eigenvalue weighted by molar-refractivity contribution is -0.138. The number of nitrogens with two attached hydrogens (primary N) is 1. The molecule has 182 valence electrons. The first-order valence-corrected chi connectivity index (χ1v) is 12.1. The van der Waals surface area contributed by atoms with E-state index in [4.69, 9.17) is 20.6 Å². The highest BCUT2D eigenvalue weighted by atomic mass is 32.2. The number of amides is 1. The molecule has 3 rings (SSSR count). The van der Waals surface area contributed by atoms with Crippen LogP contribution in [0.5, 0.6) is 5.75 Å². The quantitative estimate of drug-likeness (QED) is 0.270. The zero-order valence-corrected chi connectivity index (χ0v) is 19.2. The number of amidine groups is 1. The predicted molar refractivity (Wildman–Crippen MR) is 125 cm³/mol. The maximum absolute atomic E-state index is 12.2. The zero-order valence-electron chi connectivity index (χ0n) is 18.4. The smallest absolute Gasteiger partial charge is 0.414 e. The van der Waals surface area contributed by atoms with Crippen molar-refractivity contribution in [2.45, 2.75) is 25.5 Å². The fourth-order valence-corrected chi connectivity index (χ4v) is 4.05. The number of hydrogen-bond donors (Lipinski definition) is 4. The Bertz CT molecular complexity index is 1150.